The number of hydrogen-bond donors (Lipinski definition) is 1. The molecule has 174 valence electrons. The van der Waals surface area contributed by atoms with Crippen LogP contribution in [0.15, 0.2) is 0 Å². The van der Waals surface area contributed by atoms with E-state index >= 15 is 0 Å². The highest BCUT2D eigenvalue weighted by Gasteiger charge is 2.51. The lowest BCUT2D eigenvalue weighted by Gasteiger charge is -2.20. The third kappa shape index (κ3) is 14.0. The van der Waals surface area contributed by atoms with Gasteiger partial charge in [-0.05, 0) is 13.3 Å². The van der Waals surface area contributed by atoms with Crippen molar-refractivity contribution in [3.8, 4) is 0 Å². The Morgan fingerprint density at radius 2 is 1.17 bits per heavy atom. The second kappa shape index (κ2) is 16.0. The molecule has 0 spiro atoms. The highest BCUT2D eigenvalue weighted by molar-refractivity contribution is 7.86. The molecule has 0 aromatic carbocycles. The summed E-state index contributed by atoms with van der Waals surface area (Å²) >= 11 is 0. The monoisotopic (exact) mass is 442 g/mol. The fourth-order valence-electron chi connectivity index (χ4n) is 3.18. The Kier molecular flexibility index (Phi) is 15.6. The molecule has 0 fully saturated rings. The van der Waals surface area contributed by atoms with Gasteiger partial charge in [0.25, 0.3) is 0 Å². The topological polar surface area (TPSA) is 80.7 Å². The maximum atomic E-state index is 13.3. The van der Waals surface area contributed by atoms with Gasteiger partial charge in [-0.15, -0.1) is 0 Å². The van der Waals surface area contributed by atoms with E-state index in [2.05, 4.69) is 11.7 Å². The molecule has 0 amide bonds. The second-order valence-corrected chi connectivity index (χ2v) is 9.36. The summed E-state index contributed by atoms with van der Waals surface area (Å²) in [4.78, 5) is 11.5. The van der Waals surface area contributed by atoms with Crippen LogP contribution in [0.3, 0.4) is 0 Å². The van der Waals surface area contributed by atoms with Crippen LogP contribution in [0.4, 0.5) is 8.78 Å². The molecular formula is C21H40F2O5S. The van der Waals surface area contributed by atoms with E-state index in [0.717, 1.165) is 26.2 Å². The highest BCUT2D eigenvalue weighted by Crippen LogP contribution is 2.27. The molecule has 0 aromatic rings. The summed E-state index contributed by atoms with van der Waals surface area (Å²) in [6, 6.07) is 0. The molecule has 0 radical (unpaired) electrons. The Labute approximate surface area is 175 Å². The van der Waals surface area contributed by atoms with E-state index in [1.807, 2.05) is 0 Å². The van der Waals surface area contributed by atoms with Crippen molar-refractivity contribution in [1.29, 1.82) is 0 Å². The number of alkyl halides is 2. The van der Waals surface area contributed by atoms with Gasteiger partial charge in [-0.25, -0.2) is 0 Å². The summed E-state index contributed by atoms with van der Waals surface area (Å²) < 4.78 is 60.7. The fraction of sp³-hybridized carbons (Fsp3) is 0.952. The first-order valence-electron chi connectivity index (χ1n) is 11.2. The first kappa shape index (κ1) is 28.2. The van der Waals surface area contributed by atoms with Gasteiger partial charge < -0.3 is 4.74 Å². The summed E-state index contributed by atoms with van der Waals surface area (Å²) in [5, 5.41) is -4.50. The van der Waals surface area contributed by atoms with E-state index in [1.54, 1.807) is 0 Å². The second-order valence-electron chi connectivity index (χ2n) is 7.87. The molecule has 1 unspecified atom stereocenters. The fourth-order valence-corrected chi connectivity index (χ4v) is 3.64. The molecular weight excluding hydrogens is 402 g/mol. The number of unbranched alkanes of at least 4 members (excludes halogenated alkanes) is 14. The van der Waals surface area contributed by atoms with Crippen LogP contribution in [0.2, 0.25) is 0 Å². The van der Waals surface area contributed by atoms with Gasteiger partial charge in [-0.3, -0.25) is 9.35 Å². The Morgan fingerprint density at radius 1 is 0.828 bits per heavy atom. The van der Waals surface area contributed by atoms with Crippen molar-refractivity contribution in [3.05, 3.63) is 0 Å². The molecule has 0 aliphatic carbocycles. The van der Waals surface area contributed by atoms with E-state index in [1.165, 1.54) is 70.6 Å². The van der Waals surface area contributed by atoms with Crippen LogP contribution in [0.1, 0.15) is 117 Å². The lowest BCUT2D eigenvalue weighted by Crippen LogP contribution is -2.41. The van der Waals surface area contributed by atoms with Crippen molar-refractivity contribution < 1.29 is 31.3 Å². The van der Waals surface area contributed by atoms with Crippen LogP contribution in [0.25, 0.3) is 0 Å². The zero-order chi connectivity index (χ0) is 22.2. The quantitative estimate of drug-likeness (QED) is 0.137. The van der Waals surface area contributed by atoms with E-state index in [0.29, 0.717) is 6.42 Å². The molecule has 0 saturated heterocycles. The molecule has 0 bridgehead atoms. The van der Waals surface area contributed by atoms with Gasteiger partial charge in [-0.2, -0.15) is 17.2 Å². The Morgan fingerprint density at radius 3 is 1.52 bits per heavy atom. The lowest BCUT2D eigenvalue weighted by molar-refractivity contribution is -0.159. The van der Waals surface area contributed by atoms with Crippen LogP contribution in [0, 0.1) is 0 Å². The summed E-state index contributed by atoms with van der Waals surface area (Å²) in [6.07, 6.45) is 15.5. The number of esters is 1. The molecule has 1 atom stereocenters. The van der Waals surface area contributed by atoms with Crippen LogP contribution in [-0.4, -0.2) is 30.3 Å². The molecule has 0 aliphatic rings. The third-order valence-electron chi connectivity index (χ3n) is 5.11. The maximum Gasteiger partial charge on any atom is 0.405 e. The normalized spacial score (nSPS) is 13.4. The van der Waals surface area contributed by atoms with Crippen molar-refractivity contribution >= 4 is 16.1 Å². The minimum atomic E-state index is -5.61. The van der Waals surface area contributed by atoms with Crippen molar-refractivity contribution in [1.82, 2.24) is 0 Å². The van der Waals surface area contributed by atoms with Crippen molar-refractivity contribution in [3.63, 3.8) is 0 Å². The van der Waals surface area contributed by atoms with E-state index < -0.39 is 27.4 Å². The number of hydrogen-bond acceptors (Lipinski definition) is 4. The Balaban J connectivity index is 3.52. The summed E-state index contributed by atoms with van der Waals surface area (Å²) in [7, 11) is -5.61. The molecule has 0 heterocycles. The number of carbonyl (C=O) groups excluding carboxylic acids is 1. The number of carbonyl (C=O) groups is 1. The number of halogens is 2. The van der Waals surface area contributed by atoms with Crippen molar-refractivity contribution in [2.24, 2.45) is 0 Å². The summed E-state index contributed by atoms with van der Waals surface area (Å²) in [5.74, 6) is -0.879. The maximum absolute atomic E-state index is 13.3. The van der Waals surface area contributed by atoms with Crippen LogP contribution < -0.4 is 0 Å². The molecule has 0 rings (SSSR count). The van der Waals surface area contributed by atoms with Crippen molar-refractivity contribution in [2.75, 3.05) is 0 Å². The van der Waals surface area contributed by atoms with E-state index in [9.17, 15) is 22.0 Å². The number of ether oxygens (including phenoxy) is 1. The Bertz CT molecular complexity index is 523. The van der Waals surface area contributed by atoms with E-state index in [4.69, 9.17) is 4.55 Å². The van der Waals surface area contributed by atoms with Gasteiger partial charge in [0.2, 0.25) is 0 Å². The Hall–Kier alpha value is -0.760. The first-order valence-corrected chi connectivity index (χ1v) is 12.6. The zero-order valence-corrected chi connectivity index (χ0v) is 19.0. The van der Waals surface area contributed by atoms with Gasteiger partial charge in [0, 0.05) is 6.42 Å². The van der Waals surface area contributed by atoms with Crippen LogP contribution in [-0.2, 0) is 19.6 Å². The standard InChI is InChI=1S/C21H40F2O5S/c1-3-4-5-6-7-8-9-10-11-12-13-14-15-16-17-18-20(24)28-19(2)21(22,23)29(25,26)27/h19H,3-18H2,1-2H3,(H,25,26,27). The van der Waals surface area contributed by atoms with Crippen LogP contribution >= 0.6 is 0 Å². The van der Waals surface area contributed by atoms with Gasteiger partial charge in [0.05, 0.1) is 0 Å². The predicted octanol–water partition coefficient (Wildman–Crippen LogP) is 6.66. The summed E-state index contributed by atoms with van der Waals surface area (Å²) in [5.41, 5.74) is 0. The largest absolute Gasteiger partial charge is 0.455 e. The average Bonchev–Trinajstić information content (AvgIpc) is 2.63. The van der Waals surface area contributed by atoms with Gasteiger partial charge in [-0.1, -0.05) is 96.8 Å². The predicted molar refractivity (Wildman–Crippen MR) is 112 cm³/mol. The van der Waals surface area contributed by atoms with Gasteiger partial charge >= 0.3 is 21.3 Å². The minimum Gasteiger partial charge on any atom is -0.455 e. The van der Waals surface area contributed by atoms with E-state index in [-0.39, 0.29) is 6.42 Å². The molecule has 0 saturated carbocycles. The zero-order valence-electron chi connectivity index (χ0n) is 18.1. The average molecular weight is 443 g/mol. The van der Waals surface area contributed by atoms with Gasteiger partial charge in [0.1, 0.15) is 0 Å². The minimum absolute atomic E-state index is 0.0375. The SMILES string of the molecule is CCCCCCCCCCCCCCCCCC(=O)OC(C)C(F)(F)S(=O)(=O)O. The van der Waals surface area contributed by atoms with Gasteiger partial charge in [0.15, 0.2) is 6.10 Å². The third-order valence-corrected chi connectivity index (χ3v) is 6.13. The molecule has 29 heavy (non-hydrogen) atoms. The molecule has 0 aliphatic heterocycles. The highest BCUT2D eigenvalue weighted by atomic mass is 32.2. The molecule has 5 nitrogen and oxygen atoms in total. The first-order chi connectivity index (χ1) is 13.6. The van der Waals surface area contributed by atoms with Crippen LogP contribution in [0.5, 0.6) is 0 Å². The molecule has 0 aromatic heterocycles. The van der Waals surface area contributed by atoms with Crippen molar-refractivity contribution in [2.45, 2.75) is 128 Å². The lowest BCUT2D eigenvalue weighted by atomic mass is 10.0. The summed E-state index contributed by atoms with van der Waals surface area (Å²) in [6.45, 7) is 2.98. The molecule has 8 heteroatoms. The molecule has 1 N–H and O–H groups in total. The number of rotatable bonds is 19. The smallest absolute Gasteiger partial charge is 0.405 e.